The number of carbonyl (C=O) groups excluding carboxylic acids is 2. The molecule has 2 N–H and O–H groups in total. The molecule has 2 aliphatic heterocycles. The molecule has 0 spiro atoms. The average Bonchev–Trinajstić information content (AvgIpc) is 2.69. The maximum Gasteiger partial charge on any atom is 0.254 e. The molecule has 2 saturated heterocycles. The topological polar surface area (TPSA) is 79.9 Å². The Morgan fingerprint density at radius 1 is 1.19 bits per heavy atom. The van der Waals surface area contributed by atoms with Gasteiger partial charge in [-0.25, -0.2) is 0 Å². The third-order valence-electron chi connectivity index (χ3n) is 5.15. The lowest BCUT2D eigenvalue weighted by Gasteiger charge is -2.35. The van der Waals surface area contributed by atoms with E-state index in [4.69, 9.17) is 9.47 Å². The summed E-state index contributed by atoms with van der Waals surface area (Å²) in [5, 5.41) is 6.27. The van der Waals surface area contributed by atoms with Gasteiger partial charge in [0.1, 0.15) is 0 Å². The standard InChI is InChI=1S/C19H27N3O4/c1-25-14-19(6-8-20-9-7-19)18(24)21-16-4-2-15(3-5-16)17(23)22-10-12-26-13-11-22/h2-5,20H,6-14H2,1H3,(H,21,24). The third-order valence-corrected chi connectivity index (χ3v) is 5.15. The summed E-state index contributed by atoms with van der Waals surface area (Å²) in [7, 11) is 1.63. The highest BCUT2D eigenvalue weighted by Gasteiger charge is 2.39. The minimum atomic E-state index is -0.498. The number of amides is 2. The highest BCUT2D eigenvalue weighted by molar-refractivity contribution is 5.97. The fourth-order valence-corrected chi connectivity index (χ4v) is 3.53. The number of hydrogen-bond donors (Lipinski definition) is 2. The van der Waals surface area contributed by atoms with Crippen LogP contribution in [0.3, 0.4) is 0 Å². The van der Waals surface area contributed by atoms with Gasteiger partial charge in [0.15, 0.2) is 0 Å². The van der Waals surface area contributed by atoms with E-state index in [1.807, 2.05) is 0 Å². The molecule has 0 radical (unpaired) electrons. The number of rotatable bonds is 5. The third kappa shape index (κ3) is 4.23. The predicted octanol–water partition coefficient (Wildman–Crippen LogP) is 1.11. The van der Waals surface area contributed by atoms with Crippen molar-refractivity contribution in [2.75, 3.05) is 58.4 Å². The quantitative estimate of drug-likeness (QED) is 0.821. The van der Waals surface area contributed by atoms with E-state index in [0.717, 1.165) is 25.9 Å². The lowest BCUT2D eigenvalue weighted by Crippen LogP contribution is -2.47. The molecule has 2 amide bonds. The Labute approximate surface area is 154 Å². The van der Waals surface area contributed by atoms with Crippen LogP contribution in [0.5, 0.6) is 0 Å². The van der Waals surface area contributed by atoms with E-state index in [9.17, 15) is 9.59 Å². The smallest absolute Gasteiger partial charge is 0.254 e. The van der Waals surface area contributed by atoms with Crippen molar-refractivity contribution in [2.24, 2.45) is 5.41 Å². The van der Waals surface area contributed by atoms with Crippen LogP contribution in [0.2, 0.25) is 0 Å². The van der Waals surface area contributed by atoms with Crippen LogP contribution in [0.4, 0.5) is 5.69 Å². The molecule has 0 bridgehead atoms. The second-order valence-electron chi connectivity index (χ2n) is 6.90. The summed E-state index contributed by atoms with van der Waals surface area (Å²) in [5.41, 5.74) is 0.823. The molecule has 0 aromatic heterocycles. The van der Waals surface area contributed by atoms with Crippen LogP contribution in [-0.4, -0.2) is 69.8 Å². The zero-order valence-electron chi connectivity index (χ0n) is 15.3. The largest absolute Gasteiger partial charge is 0.384 e. The first kappa shape index (κ1) is 18.8. The molecule has 2 aliphatic rings. The Balaban J connectivity index is 1.64. The van der Waals surface area contributed by atoms with E-state index in [0.29, 0.717) is 44.2 Å². The molecule has 26 heavy (non-hydrogen) atoms. The summed E-state index contributed by atoms with van der Waals surface area (Å²) in [6.07, 6.45) is 1.50. The lowest BCUT2D eigenvalue weighted by molar-refractivity contribution is -0.130. The number of benzene rings is 1. The Bertz CT molecular complexity index is 615. The monoisotopic (exact) mass is 361 g/mol. The van der Waals surface area contributed by atoms with Crippen LogP contribution < -0.4 is 10.6 Å². The Kier molecular flexibility index (Phi) is 6.24. The van der Waals surface area contributed by atoms with Crippen LogP contribution in [-0.2, 0) is 14.3 Å². The van der Waals surface area contributed by atoms with Gasteiger partial charge in [0.25, 0.3) is 5.91 Å². The van der Waals surface area contributed by atoms with Crippen LogP contribution in [0, 0.1) is 5.41 Å². The van der Waals surface area contributed by atoms with E-state index in [2.05, 4.69) is 10.6 Å². The van der Waals surface area contributed by atoms with Crippen molar-refractivity contribution in [3.63, 3.8) is 0 Å². The summed E-state index contributed by atoms with van der Waals surface area (Å²) < 4.78 is 10.6. The SMILES string of the molecule is COCC1(C(=O)Nc2ccc(C(=O)N3CCOCC3)cc2)CCNCC1. The number of morpholine rings is 1. The highest BCUT2D eigenvalue weighted by atomic mass is 16.5. The van der Waals surface area contributed by atoms with Gasteiger partial charge in [-0.2, -0.15) is 0 Å². The van der Waals surface area contributed by atoms with Gasteiger partial charge < -0.3 is 25.0 Å². The first-order valence-electron chi connectivity index (χ1n) is 9.13. The van der Waals surface area contributed by atoms with Crippen LogP contribution >= 0.6 is 0 Å². The van der Waals surface area contributed by atoms with Gasteiger partial charge in [-0.05, 0) is 50.2 Å². The summed E-state index contributed by atoms with van der Waals surface area (Å²) in [4.78, 5) is 27.1. The van der Waals surface area contributed by atoms with Gasteiger partial charge in [-0.15, -0.1) is 0 Å². The molecule has 0 atom stereocenters. The summed E-state index contributed by atoms with van der Waals surface area (Å²) in [6.45, 7) is 4.42. The number of ether oxygens (including phenoxy) is 2. The molecule has 1 aromatic carbocycles. The van der Waals surface area contributed by atoms with Crippen LogP contribution in [0.25, 0.3) is 0 Å². The van der Waals surface area contributed by atoms with Gasteiger partial charge in [0.2, 0.25) is 5.91 Å². The average molecular weight is 361 g/mol. The van der Waals surface area contributed by atoms with Crippen LogP contribution in [0.15, 0.2) is 24.3 Å². The molecule has 0 saturated carbocycles. The van der Waals surface area contributed by atoms with Crippen molar-refractivity contribution in [1.29, 1.82) is 0 Å². The lowest BCUT2D eigenvalue weighted by atomic mass is 9.78. The maximum absolute atomic E-state index is 12.8. The van der Waals surface area contributed by atoms with Crippen molar-refractivity contribution >= 4 is 17.5 Å². The molecule has 2 fully saturated rings. The summed E-state index contributed by atoms with van der Waals surface area (Å²) >= 11 is 0. The van der Waals surface area contributed by atoms with Crippen molar-refractivity contribution in [3.8, 4) is 0 Å². The van der Waals surface area contributed by atoms with E-state index < -0.39 is 5.41 Å². The Hall–Kier alpha value is -1.96. The molecule has 0 aliphatic carbocycles. The predicted molar refractivity (Wildman–Crippen MR) is 98.2 cm³/mol. The van der Waals surface area contributed by atoms with Gasteiger partial charge >= 0.3 is 0 Å². The zero-order valence-corrected chi connectivity index (χ0v) is 15.3. The normalized spacial score (nSPS) is 19.8. The van der Waals surface area contributed by atoms with Gasteiger partial charge in [-0.3, -0.25) is 9.59 Å². The fraction of sp³-hybridized carbons (Fsp3) is 0.579. The van der Waals surface area contributed by atoms with E-state index in [-0.39, 0.29) is 11.8 Å². The van der Waals surface area contributed by atoms with E-state index in [1.54, 1.807) is 36.3 Å². The minimum absolute atomic E-state index is 0.000356. The fourth-order valence-electron chi connectivity index (χ4n) is 3.53. The Morgan fingerprint density at radius 2 is 1.85 bits per heavy atom. The minimum Gasteiger partial charge on any atom is -0.384 e. The number of anilines is 1. The zero-order chi connectivity index (χ0) is 18.4. The number of nitrogens with zero attached hydrogens (tertiary/aromatic N) is 1. The number of carbonyl (C=O) groups is 2. The number of nitrogens with one attached hydrogen (secondary N) is 2. The Morgan fingerprint density at radius 3 is 2.46 bits per heavy atom. The second kappa shape index (κ2) is 8.62. The first-order chi connectivity index (χ1) is 12.6. The highest BCUT2D eigenvalue weighted by Crippen LogP contribution is 2.31. The molecular formula is C19H27N3O4. The molecule has 2 heterocycles. The summed E-state index contributed by atoms with van der Waals surface area (Å²) in [6, 6.07) is 7.10. The van der Waals surface area contributed by atoms with Crippen LogP contribution in [0.1, 0.15) is 23.2 Å². The molecular weight excluding hydrogens is 334 g/mol. The van der Waals surface area contributed by atoms with Crippen molar-refractivity contribution in [2.45, 2.75) is 12.8 Å². The number of hydrogen-bond acceptors (Lipinski definition) is 5. The molecule has 7 nitrogen and oxygen atoms in total. The summed E-state index contributed by atoms with van der Waals surface area (Å²) in [5.74, 6) is -0.0199. The van der Waals surface area contributed by atoms with E-state index >= 15 is 0 Å². The molecule has 7 heteroatoms. The number of piperidine rings is 1. The molecule has 1 aromatic rings. The van der Waals surface area contributed by atoms with Gasteiger partial charge in [0.05, 0.1) is 25.2 Å². The van der Waals surface area contributed by atoms with Gasteiger partial charge in [0, 0.05) is 31.5 Å². The van der Waals surface area contributed by atoms with Crippen molar-refractivity contribution in [3.05, 3.63) is 29.8 Å². The first-order valence-corrected chi connectivity index (χ1v) is 9.13. The van der Waals surface area contributed by atoms with E-state index in [1.165, 1.54) is 0 Å². The van der Waals surface area contributed by atoms with Crippen molar-refractivity contribution in [1.82, 2.24) is 10.2 Å². The molecule has 3 rings (SSSR count). The number of methoxy groups -OCH3 is 1. The maximum atomic E-state index is 12.8. The van der Waals surface area contributed by atoms with Crippen molar-refractivity contribution < 1.29 is 19.1 Å². The molecule has 142 valence electrons. The van der Waals surface area contributed by atoms with Gasteiger partial charge in [-0.1, -0.05) is 0 Å². The second-order valence-corrected chi connectivity index (χ2v) is 6.90. The molecule has 0 unspecified atom stereocenters.